The third kappa shape index (κ3) is 5.07. The Morgan fingerprint density at radius 2 is 1.88 bits per heavy atom. The summed E-state index contributed by atoms with van der Waals surface area (Å²) in [4.78, 5) is 0. The second-order valence-corrected chi connectivity index (χ2v) is 4.62. The van der Waals surface area contributed by atoms with Gasteiger partial charge in [-0.3, -0.25) is 0 Å². The van der Waals surface area contributed by atoms with E-state index in [1.165, 1.54) is 0 Å². The molecule has 96 valence electrons. The van der Waals surface area contributed by atoms with Crippen LogP contribution in [0.4, 0.5) is 0 Å². The van der Waals surface area contributed by atoms with E-state index >= 15 is 0 Å². The minimum Gasteiger partial charge on any atom is -0.390 e. The van der Waals surface area contributed by atoms with Crippen LogP contribution < -0.4 is 0 Å². The summed E-state index contributed by atoms with van der Waals surface area (Å²) < 4.78 is 5.56. The van der Waals surface area contributed by atoms with Gasteiger partial charge >= 0.3 is 0 Å². The van der Waals surface area contributed by atoms with Gasteiger partial charge in [0.1, 0.15) is 0 Å². The minimum atomic E-state index is -0.448. The van der Waals surface area contributed by atoms with Crippen LogP contribution in [-0.2, 0) is 11.2 Å². The molecule has 0 bridgehead atoms. The first kappa shape index (κ1) is 14.5. The number of ether oxygens (including phenoxy) is 1. The molecular formula is C14H21ClO2. The van der Waals surface area contributed by atoms with Gasteiger partial charge in [0.15, 0.2) is 0 Å². The fourth-order valence-electron chi connectivity index (χ4n) is 1.88. The molecule has 1 N–H and O–H groups in total. The molecule has 3 heteroatoms. The maximum Gasteiger partial charge on any atom is 0.0842 e. The van der Waals surface area contributed by atoms with Crippen molar-refractivity contribution in [3.63, 3.8) is 0 Å². The molecule has 0 saturated carbocycles. The summed E-state index contributed by atoms with van der Waals surface area (Å²) in [6, 6.07) is 7.58. The van der Waals surface area contributed by atoms with E-state index in [2.05, 4.69) is 6.92 Å². The molecule has 0 saturated heterocycles. The fraction of sp³-hybridized carbons (Fsp3) is 0.571. The second-order valence-electron chi connectivity index (χ2n) is 4.18. The van der Waals surface area contributed by atoms with Gasteiger partial charge in [0.2, 0.25) is 0 Å². The van der Waals surface area contributed by atoms with Crippen molar-refractivity contribution in [2.45, 2.75) is 45.3 Å². The molecule has 0 fully saturated rings. The molecule has 1 aromatic carbocycles. The fourth-order valence-corrected chi connectivity index (χ4v) is 2.00. The van der Waals surface area contributed by atoms with Gasteiger partial charge in [0.05, 0.1) is 12.2 Å². The van der Waals surface area contributed by atoms with Gasteiger partial charge in [-0.15, -0.1) is 0 Å². The highest BCUT2D eigenvalue weighted by Crippen LogP contribution is 2.15. The van der Waals surface area contributed by atoms with Gasteiger partial charge in [-0.1, -0.05) is 37.1 Å². The van der Waals surface area contributed by atoms with Crippen molar-refractivity contribution in [2.24, 2.45) is 0 Å². The Balaban J connectivity index is 2.55. The van der Waals surface area contributed by atoms with Gasteiger partial charge < -0.3 is 9.84 Å². The third-order valence-electron chi connectivity index (χ3n) is 2.74. The summed E-state index contributed by atoms with van der Waals surface area (Å²) in [6.07, 6.45) is 2.00. The second kappa shape index (κ2) is 7.70. The standard InChI is InChI=1S/C14H21ClO2/c1-3-5-14(17-4-2)13(16)10-11-6-8-12(15)9-7-11/h6-9,13-14,16H,3-5,10H2,1-2H3. The Labute approximate surface area is 109 Å². The van der Waals surface area contributed by atoms with Crippen LogP contribution in [0.15, 0.2) is 24.3 Å². The van der Waals surface area contributed by atoms with Crippen LogP contribution in [-0.4, -0.2) is 23.9 Å². The van der Waals surface area contributed by atoms with Crippen LogP contribution >= 0.6 is 11.6 Å². The van der Waals surface area contributed by atoms with Gasteiger partial charge in [0.25, 0.3) is 0 Å². The largest absolute Gasteiger partial charge is 0.390 e. The van der Waals surface area contributed by atoms with E-state index in [9.17, 15) is 5.11 Å². The highest BCUT2D eigenvalue weighted by atomic mass is 35.5. The molecule has 2 nitrogen and oxygen atoms in total. The average molecular weight is 257 g/mol. The summed E-state index contributed by atoms with van der Waals surface area (Å²) in [5.74, 6) is 0. The Kier molecular flexibility index (Phi) is 6.56. The van der Waals surface area contributed by atoms with Crippen LogP contribution in [0.2, 0.25) is 5.02 Å². The quantitative estimate of drug-likeness (QED) is 0.810. The molecular weight excluding hydrogens is 236 g/mol. The van der Waals surface area contributed by atoms with Crippen LogP contribution in [0.1, 0.15) is 32.3 Å². The lowest BCUT2D eigenvalue weighted by atomic mass is 10.0. The number of hydrogen-bond donors (Lipinski definition) is 1. The van der Waals surface area contributed by atoms with Crippen molar-refractivity contribution >= 4 is 11.6 Å². The third-order valence-corrected chi connectivity index (χ3v) is 2.99. The molecule has 1 aromatic rings. The monoisotopic (exact) mass is 256 g/mol. The van der Waals surface area contributed by atoms with Gasteiger partial charge in [-0.2, -0.15) is 0 Å². The van der Waals surface area contributed by atoms with Crippen molar-refractivity contribution in [2.75, 3.05) is 6.61 Å². The average Bonchev–Trinajstić information content (AvgIpc) is 2.32. The highest BCUT2D eigenvalue weighted by molar-refractivity contribution is 6.30. The van der Waals surface area contributed by atoms with Crippen LogP contribution in [0, 0.1) is 0 Å². The van der Waals surface area contributed by atoms with Crippen molar-refractivity contribution < 1.29 is 9.84 Å². The van der Waals surface area contributed by atoms with Crippen molar-refractivity contribution in [1.82, 2.24) is 0 Å². The highest BCUT2D eigenvalue weighted by Gasteiger charge is 2.18. The Morgan fingerprint density at radius 1 is 1.24 bits per heavy atom. The smallest absolute Gasteiger partial charge is 0.0842 e. The Hall–Kier alpha value is -0.570. The first-order valence-electron chi connectivity index (χ1n) is 6.21. The topological polar surface area (TPSA) is 29.5 Å². The number of halogens is 1. The lowest BCUT2D eigenvalue weighted by Crippen LogP contribution is -2.30. The Morgan fingerprint density at radius 3 is 2.41 bits per heavy atom. The molecule has 0 aromatic heterocycles. The number of benzene rings is 1. The zero-order valence-electron chi connectivity index (χ0n) is 10.5. The summed E-state index contributed by atoms with van der Waals surface area (Å²) in [5, 5.41) is 10.9. The number of aliphatic hydroxyl groups is 1. The van der Waals surface area contributed by atoms with E-state index in [0.29, 0.717) is 13.0 Å². The van der Waals surface area contributed by atoms with E-state index in [1.807, 2.05) is 31.2 Å². The summed E-state index contributed by atoms with van der Waals surface area (Å²) in [7, 11) is 0. The normalized spacial score (nSPS) is 14.6. The van der Waals surface area contributed by atoms with Crippen molar-refractivity contribution in [3.05, 3.63) is 34.9 Å². The zero-order valence-corrected chi connectivity index (χ0v) is 11.3. The first-order chi connectivity index (χ1) is 8.17. The molecule has 17 heavy (non-hydrogen) atoms. The zero-order chi connectivity index (χ0) is 12.7. The Bertz CT molecular complexity index is 305. The summed E-state index contributed by atoms with van der Waals surface area (Å²) >= 11 is 5.82. The number of aliphatic hydroxyl groups excluding tert-OH is 1. The van der Waals surface area contributed by atoms with Crippen molar-refractivity contribution in [3.8, 4) is 0 Å². The number of hydrogen-bond acceptors (Lipinski definition) is 2. The molecule has 0 aliphatic carbocycles. The molecule has 0 aliphatic rings. The van der Waals surface area contributed by atoms with Gasteiger partial charge in [0, 0.05) is 18.1 Å². The molecule has 0 radical (unpaired) electrons. The predicted octanol–water partition coefficient (Wildman–Crippen LogP) is 3.45. The molecule has 2 unspecified atom stereocenters. The van der Waals surface area contributed by atoms with E-state index < -0.39 is 6.10 Å². The van der Waals surface area contributed by atoms with E-state index in [1.54, 1.807) is 0 Å². The lowest BCUT2D eigenvalue weighted by molar-refractivity contribution is -0.0363. The molecule has 0 heterocycles. The molecule has 2 atom stereocenters. The van der Waals surface area contributed by atoms with E-state index in [0.717, 1.165) is 23.4 Å². The minimum absolute atomic E-state index is 0.0688. The number of rotatable bonds is 7. The lowest BCUT2D eigenvalue weighted by Gasteiger charge is -2.22. The molecule has 0 amide bonds. The maximum atomic E-state index is 10.1. The summed E-state index contributed by atoms with van der Waals surface area (Å²) in [6.45, 7) is 4.70. The van der Waals surface area contributed by atoms with Crippen LogP contribution in [0.5, 0.6) is 0 Å². The van der Waals surface area contributed by atoms with Gasteiger partial charge in [-0.25, -0.2) is 0 Å². The molecule has 0 spiro atoms. The first-order valence-corrected chi connectivity index (χ1v) is 6.59. The summed E-state index contributed by atoms with van der Waals surface area (Å²) in [5.41, 5.74) is 1.09. The van der Waals surface area contributed by atoms with E-state index in [4.69, 9.17) is 16.3 Å². The predicted molar refractivity (Wildman–Crippen MR) is 71.5 cm³/mol. The van der Waals surface area contributed by atoms with Crippen LogP contribution in [0.25, 0.3) is 0 Å². The molecule has 0 aliphatic heterocycles. The SMILES string of the molecule is CCCC(OCC)C(O)Cc1ccc(Cl)cc1. The van der Waals surface area contributed by atoms with E-state index in [-0.39, 0.29) is 6.10 Å². The molecule has 1 rings (SSSR count). The van der Waals surface area contributed by atoms with Crippen LogP contribution in [0.3, 0.4) is 0 Å². The van der Waals surface area contributed by atoms with Crippen molar-refractivity contribution in [1.29, 1.82) is 0 Å². The van der Waals surface area contributed by atoms with Gasteiger partial charge in [-0.05, 0) is 31.0 Å². The maximum absolute atomic E-state index is 10.1.